The fraction of sp³-hybridized carbons (Fsp3) is 0.111. The lowest BCUT2D eigenvalue weighted by molar-refractivity contribution is 0.156. The largest absolute Gasteiger partial charge is 0.508 e. The van der Waals surface area contributed by atoms with Gasteiger partial charge < -0.3 is 9.84 Å². The average Bonchev–Trinajstić information content (AvgIpc) is 3.07. The van der Waals surface area contributed by atoms with Crippen molar-refractivity contribution in [2.45, 2.75) is 13.0 Å². The van der Waals surface area contributed by atoms with Gasteiger partial charge in [0.1, 0.15) is 12.4 Å². The number of carbonyl (C=O) groups excluding carboxylic acids is 1. The molecule has 0 spiro atoms. The van der Waals surface area contributed by atoms with Gasteiger partial charge in [0.05, 0.1) is 10.4 Å². The summed E-state index contributed by atoms with van der Waals surface area (Å²) in [5, 5.41) is 12.5. The molecule has 3 rings (SSSR count). The average molecular weight is 340 g/mol. The number of rotatable bonds is 5. The Labute approximate surface area is 143 Å². The van der Waals surface area contributed by atoms with Crippen molar-refractivity contribution in [3.05, 3.63) is 76.2 Å². The Morgan fingerprint density at radius 1 is 1.17 bits per heavy atom. The van der Waals surface area contributed by atoms with Crippen LogP contribution in [0.15, 0.2) is 60.2 Å². The zero-order valence-corrected chi connectivity index (χ0v) is 13.6. The molecule has 2 aromatic carbocycles. The van der Waals surface area contributed by atoms with Crippen molar-refractivity contribution >= 4 is 23.1 Å². The number of phenolic OH excluding ortho intramolecular Hbond substituents is 1. The number of anilines is 1. The Hall–Kier alpha value is -2.86. The molecule has 0 atom stereocenters. The van der Waals surface area contributed by atoms with Crippen molar-refractivity contribution < 1.29 is 14.6 Å². The number of nitrogens with one attached hydrogen (secondary N) is 1. The van der Waals surface area contributed by atoms with Crippen molar-refractivity contribution in [3.63, 3.8) is 0 Å². The van der Waals surface area contributed by atoms with Gasteiger partial charge in [0.15, 0.2) is 0 Å². The van der Waals surface area contributed by atoms with E-state index in [1.54, 1.807) is 17.8 Å². The topological polar surface area (TPSA) is 71.5 Å². The maximum atomic E-state index is 11.9. The Balaban J connectivity index is 1.63. The summed E-state index contributed by atoms with van der Waals surface area (Å²) in [4.78, 5) is 16.6. The van der Waals surface area contributed by atoms with Crippen LogP contribution in [0.2, 0.25) is 0 Å². The summed E-state index contributed by atoms with van der Waals surface area (Å²) in [5.41, 5.74) is 4.21. The van der Waals surface area contributed by atoms with Crippen LogP contribution in [0.3, 0.4) is 0 Å². The highest BCUT2D eigenvalue weighted by Crippen LogP contribution is 2.22. The van der Waals surface area contributed by atoms with Crippen molar-refractivity contribution in [1.82, 2.24) is 4.98 Å². The Kier molecular flexibility index (Phi) is 5.08. The summed E-state index contributed by atoms with van der Waals surface area (Å²) in [7, 11) is 0. The van der Waals surface area contributed by atoms with Gasteiger partial charge in [0.2, 0.25) is 0 Å². The molecule has 0 saturated carbocycles. The number of aromatic nitrogens is 1. The normalized spacial score (nSPS) is 10.3. The predicted octanol–water partition coefficient (Wildman–Crippen LogP) is 4.19. The summed E-state index contributed by atoms with van der Waals surface area (Å²) in [6.07, 6.45) is 1.75. The zero-order chi connectivity index (χ0) is 16.8. The molecule has 3 aromatic rings. The molecule has 6 heteroatoms. The molecule has 0 aliphatic heterocycles. The first-order chi connectivity index (χ1) is 11.7. The minimum Gasteiger partial charge on any atom is -0.508 e. The maximum Gasteiger partial charge on any atom is 0.411 e. The van der Waals surface area contributed by atoms with Crippen molar-refractivity contribution in [2.24, 2.45) is 0 Å². The second kappa shape index (κ2) is 7.61. The minimum atomic E-state index is -0.570. The second-order valence-electron chi connectivity index (χ2n) is 5.22. The molecule has 0 unspecified atom stereocenters. The molecule has 0 radical (unpaired) electrons. The molecule has 5 nitrogen and oxygen atoms in total. The van der Waals surface area contributed by atoms with E-state index in [2.05, 4.69) is 10.3 Å². The van der Waals surface area contributed by atoms with Crippen molar-refractivity contribution in [2.75, 3.05) is 5.32 Å². The third kappa shape index (κ3) is 4.57. The van der Waals surface area contributed by atoms with E-state index >= 15 is 0 Å². The second-order valence-corrected chi connectivity index (χ2v) is 6.19. The first kappa shape index (κ1) is 16.0. The fourth-order valence-corrected chi connectivity index (χ4v) is 2.79. The van der Waals surface area contributed by atoms with E-state index in [4.69, 9.17) is 4.74 Å². The van der Waals surface area contributed by atoms with Gasteiger partial charge in [0.25, 0.3) is 0 Å². The maximum absolute atomic E-state index is 11.9. The highest BCUT2D eigenvalue weighted by Gasteiger charge is 2.07. The van der Waals surface area contributed by atoms with Crippen LogP contribution in [0, 0.1) is 0 Å². The van der Waals surface area contributed by atoms with Crippen molar-refractivity contribution in [1.29, 1.82) is 0 Å². The molecule has 0 bridgehead atoms. The number of nitrogens with zero attached hydrogens (tertiary/aromatic N) is 1. The van der Waals surface area contributed by atoms with E-state index in [0.717, 1.165) is 16.0 Å². The van der Waals surface area contributed by atoms with Crippen LogP contribution < -0.4 is 5.32 Å². The van der Waals surface area contributed by atoms with Crippen LogP contribution >= 0.6 is 11.3 Å². The van der Waals surface area contributed by atoms with Crippen molar-refractivity contribution in [3.8, 4) is 5.75 Å². The number of amides is 1. The summed E-state index contributed by atoms with van der Waals surface area (Å²) in [5.74, 6) is 0.0983. The lowest BCUT2D eigenvalue weighted by Gasteiger charge is -2.09. The summed E-state index contributed by atoms with van der Waals surface area (Å²) >= 11 is 1.42. The molecule has 1 amide bonds. The number of thiazole rings is 1. The number of hydrogen-bond donors (Lipinski definition) is 2. The zero-order valence-electron chi connectivity index (χ0n) is 12.8. The molecule has 1 heterocycles. The monoisotopic (exact) mass is 340 g/mol. The van der Waals surface area contributed by atoms with Gasteiger partial charge in [-0.15, -0.1) is 11.3 Å². The molecular weight excluding hydrogens is 324 g/mol. The molecule has 1 aromatic heterocycles. The number of benzene rings is 2. The third-order valence-corrected chi connectivity index (χ3v) is 4.06. The summed E-state index contributed by atoms with van der Waals surface area (Å²) in [6, 6.07) is 14.9. The SMILES string of the molecule is O=C(Nc1cc(O)cc(Cc2ccccc2)c1)OCc1cncs1. The lowest BCUT2D eigenvalue weighted by atomic mass is 10.0. The smallest absolute Gasteiger partial charge is 0.411 e. The van der Waals surface area contributed by atoms with Gasteiger partial charge in [-0.2, -0.15) is 0 Å². The number of phenols is 1. The summed E-state index contributed by atoms with van der Waals surface area (Å²) in [6.45, 7) is 0.173. The quantitative estimate of drug-likeness (QED) is 0.730. The van der Waals surface area contributed by atoms with E-state index in [0.29, 0.717) is 12.1 Å². The molecule has 122 valence electrons. The van der Waals surface area contributed by atoms with Gasteiger partial charge in [0, 0.05) is 18.0 Å². The molecule has 2 N–H and O–H groups in total. The Morgan fingerprint density at radius 2 is 2.00 bits per heavy atom. The number of aromatic hydroxyl groups is 1. The first-order valence-corrected chi connectivity index (χ1v) is 8.25. The highest BCUT2D eigenvalue weighted by molar-refractivity contribution is 7.09. The van der Waals surface area contributed by atoms with Gasteiger partial charge >= 0.3 is 6.09 Å². The number of carbonyl (C=O) groups is 1. The minimum absolute atomic E-state index is 0.0983. The summed E-state index contributed by atoms with van der Waals surface area (Å²) < 4.78 is 5.13. The van der Waals surface area contributed by atoms with Gasteiger partial charge in [-0.3, -0.25) is 10.3 Å². The fourth-order valence-electron chi connectivity index (χ4n) is 2.28. The van der Waals surface area contributed by atoms with E-state index in [1.165, 1.54) is 17.4 Å². The van der Waals surface area contributed by atoms with E-state index in [9.17, 15) is 9.90 Å². The number of ether oxygens (including phenoxy) is 1. The van der Waals surface area contributed by atoms with Gasteiger partial charge in [-0.05, 0) is 29.7 Å². The highest BCUT2D eigenvalue weighted by atomic mass is 32.1. The van der Waals surface area contributed by atoms with Crippen LogP contribution in [0.1, 0.15) is 16.0 Å². The Bertz CT molecular complexity index is 804. The number of hydrogen-bond acceptors (Lipinski definition) is 5. The van der Waals surface area contributed by atoms with Crippen LogP contribution in [0.5, 0.6) is 5.75 Å². The first-order valence-electron chi connectivity index (χ1n) is 7.37. The molecule has 0 aliphatic rings. The van der Waals surface area contributed by atoms with Gasteiger partial charge in [-0.25, -0.2) is 4.79 Å². The van der Waals surface area contributed by atoms with Gasteiger partial charge in [-0.1, -0.05) is 30.3 Å². The van der Waals surface area contributed by atoms with E-state index in [-0.39, 0.29) is 12.4 Å². The predicted molar refractivity (Wildman–Crippen MR) is 93.3 cm³/mol. The lowest BCUT2D eigenvalue weighted by Crippen LogP contribution is -2.13. The van der Waals surface area contributed by atoms with Crippen LogP contribution in [-0.2, 0) is 17.8 Å². The molecule has 0 saturated heterocycles. The van der Waals surface area contributed by atoms with Crippen LogP contribution in [0.4, 0.5) is 10.5 Å². The molecule has 24 heavy (non-hydrogen) atoms. The molecular formula is C18H16N2O3S. The third-order valence-electron chi connectivity index (χ3n) is 3.30. The van der Waals surface area contributed by atoms with E-state index in [1.807, 2.05) is 36.4 Å². The Morgan fingerprint density at radius 3 is 2.75 bits per heavy atom. The standard InChI is InChI=1S/C18H16N2O3S/c21-16-8-14(6-13-4-2-1-3-5-13)7-15(9-16)20-18(22)23-11-17-10-19-12-24-17/h1-5,7-10,12,21H,6,11H2,(H,20,22). The molecule has 0 aliphatic carbocycles. The van der Waals surface area contributed by atoms with Crippen LogP contribution in [0.25, 0.3) is 0 Å². The molecule has 0 fully saturated rings. The van der Waals surface area contributed by atoms with Crippen LogP contribution in [-0.4, -0.2) is 16.2 Å². The van der Waals surface area contributed by atoms with E-state index < -0.39 is 6.09 Å².